The number of aliphatic imine (C=N–C) groups is 1. The molecule has 4 rings (SSSR count). The Hall–Kier alpha value is -3.05. The standard InChI is InChI=1S/C18H14N4O3S/c1-9-2-4-11-13(8-19)18(26-15(11)6-9)21-16-12-7-10(22(24)25)3-5-14(12)20-17(16)23/h3,5,7,9H,2,4,6H2,1H3,(H,20,21,23)/t9-/m1/s1. The molecule has 1 aromatic heterocycles. The minimum absolute atomic E-state index is 0.104. The molecule has 0 bridgehead atoms. The topological polar surface area (TPSA) is 108 Å². The average molecular weight is 366 g/mol. The van der Waals surface area contributed by atoms with E-state index in [0.717, 1.165) is 29.7 Å². The highest BCUT2D eigenvalue weighted by atomic mass is 32.1. The predicted molar refractivity (Wildman–Crippen MR) is 98.1 cm³/mol. The van der Waals surface area contributed by atoms with Gasteiger partial charge in [-0.15, -0.1) is 11.3 Å². The lowest BCUT2D eigenvalue weighted by Crippen LogP contribution is -2.13. The molecule has 0 unspecified atom stereocenters. The summed E-state index contributed by atoms with van der Waals surface area (Å²) in [6, 6.07) is 6.41. The minimum Gasteiger partial charge on any atom is -0.320 e. The van der Waals surface area contributed by atoms with Crippen LogP contribution in [0.2, 0.25) is 0 Å². The lowest BCUT2D eigenvalue weighted by Gasteiger charge is -2.17. The lowest BCUT2D eigenvalue weighted by molar-refractivity contribution is -0.384. The third-order valence-electron chi connectivity index (χ3n) is 4.75. The first-order chi connectivity index (χ1) is 12.5. The molecule has 1 aliphatic carbocycles. The van der Waals surface area contributed by atoms with Crippen LogP contribution in [-0.4, -0.2) is 16.5 Å². The molecule has 1 amide bonds. The second-order valence-electron chi connectivity index (χ2n) is 6.55. The van der Waals surface area contributed by atoms with E-state index >= 15 is 0 Å². The van der Waals surface area contributed by atoms with Crippen LogP contribution in [0.5, 0.6) is 0 Å². The number of benzene rings is 1. The fraction of sp³-hybridized carbons (Fsp3) is 0.278. The fourth-order valence-corrected chi connectivity index (χ4v) is 4.73. The lowest BCUT2D eigenvalue weighted by atomic mass is 9.89. The molecule has 0 spiro atoms. The minimum atomic E-state index is -0.507. The van der Waals surface area contributed by atoms with E-state index < -0.39 is 10.8 Å². The van der Waals surface area contributed by atoms with Gasteiger partial charge in [-0.1, -0.05) is 6.92 Å². The number of rotatable bonds is 2. The average Bonchev–Trinajstić information content (AvgIpc) is 3.11. The van der Waals surface area contributed by atoms with Crippen molar-refractivity contribution in [1.82, 2.24) is 0 Å². The molecule has 1 aliphatic heterocycles. The Labute approximate surface area is 153 Å². The van der Waals surface area contributed by atoms with Gasteiger partial charge in [-0.05, 0) is 36.8 Å². The number of nitriles is 1. The zero-order valence-electron chi connectivity index (χ0n) is 13.9. The summed E-state index contributed by atoms with van der Waals surface area (Å²) in [7, 11) is 0. The van der Waals surface area contributed by atoms with Gasteiger partial charge < -0.3 is 5.32 Å². The summed E-state index contributed by atoms with van der Waals surface area (Å²) in [5.74, 6) is 0.149. The number of nitrogens with one attached hydrogen (secondary N) is 1. The maximum Gasteiger partial charge on any atom is 0.275 e. The van der Waals surface area contributed by atoms with Gasteiger partial charge in [-0.2, -0.15) is 5.26 Å². The van der Waals surface area contributed by atoms with Crippen molar-refractivity contribution in [2.24, 2.45) is 10.9 Å². The van der Waals surface area contributed by atoms with Gasteiger partial charge in [0.15, 0.2) is 0 Å². The molecule has 1 aromatic carbocycles. The third-order valence-corrected chi connectivity index (χ3v) is 5.90. The molecule has 2 aromatic rings. The second-order valence-corrected chi connectivity index (χ2v) is 7.63. The van der Waals surface area contributed by atoms with Crippen molar-refractivity contribution in [1.29, 1.82) is 5.26 Å². The molecule has 130 valence electrons. The Morgan fingerprint density at radius 1 is 1.46 bits per heavy atom. The Morgan fingerprint density at radius 2 is 2.27 bits per heavy atom. The Balaban J connectivity index is 1.84. The van der Waals surface area contributed by atoms with Gasteiger partial charge in [0.2, 0.25) is 0 Å². The number of non-ortho nitro benzene ring substituents is 1. The van der Waals surface area contributed by atoms with E-state index in [1.54, 1.807) is 0 Å². The van der Waals surface area contributed by atoms with Crippen LogP contribution in [0.3, 0.4) is 0 Å². The highest BCUT2D eigenvalue weighted by Crippen LogP contribution is 2.41. The molecule has 8 heteroatoms. The number of carbonyl (C=O) groups excluding carboxylic acids is 1. The fourth-order valence-electron chi connectivity index (χ4n) is 3.40. The summed E-state index contributed by atoms with van der Waals surface area (Å²) in [5, 5.41) is 23.8. The van der Waals surface area contributed by atoms with Crippen molar-refractivity contribution in [2.45, 2.75) is 26.2 Å². The van der Waals surface area contributed by atoms with Crippen LogP contribution in [0.1, 0.15) is 34.9 Å². The smallest absolute Gasteiger partial charge is 0.275 e. The van der Waals surface area contributed by atoms with Crippen molar-refractivity contribution >= 4 is 39.3 Å². The van der Waals surface area contributed by atoms with Gasteiger partial charge in [0.25, 0.3) is 11.6 Å². The highest BCUT2D eigenvalue weighted by Gasteiger charge is 2.30. The largest absolute Gasteiger partial charge is 0.320 e. The molecule has 0 saturated carbocycles. The first-order valence-electron chi connectivity index (χ1n) is 8.21. The molecule has 0 fully saturated rings. The van der Waals surface area contributed by atoms with Crippen LogP contribution in [0.4, 0.5) is 16.4 Å². The summed E-state index contributed by atoms with van der Waals surface area (Å²) in [6.45, 7) is 2.18. The molecule has 1 atom stereocenters. The Bertz CT molecular complexity index is 1030. The first kappa shape index (κ1) is 16.4. The predicted octanol–water partition coefficient (Wildman–Crippen LogP) is 3.73. The number of thiophene rings is 1. The number of amides is 1. The van der Waals surface area contributed by atoms with E-state index in [1.807, 2.05) is 0 Å². The van der Waals surface area contributed by atoms with E-state index in [1.165, 1.54) is 29.5 Å². The summed E-state index contributed by atoms with van der Waals surface area (Å²) in [5.41, 5.74) is 2.46. The molecule has 0 radical (unpaired) electrons. The maximum absolute atomic E-state index is 12.3. The molecule has 2 aliphatic rings. The number of hydrogen-bond donors (Lipinski definition) is 1. The Kier molecular flexibility index (Phi) is 3.81. The zero-order valence-corrected chi connectivity index (χ0v) is 14.7. The van der Waals surface area contributed by atoms with Crippen molar-refractivity contribution in [3.05, 3.63) is 49.9 Å². The number of nitrogens with zero attached hydrogens (tertiary/aromatic N) is 3. The summed E-state index contributed by atoms with van der Waals surface area (Å²) >= 11 is 1.44. The van der Waals surface area contributed by atoms with E-state index in [0.29, 0.717) is 27.7 Å². The second kappa shape index (κ2) is 6.04. The number of anilines is 1. The van der Waals surface area contributed by atoms with Crippen LogP contribution >= 0.6 is 11.3 Å². The molecule has 1 N–H and O–H groups in total. The monoisotopic (exact) mass is 366 g/mol. The molecular formula is C18H14N4O3S. The van der Waals surface area contributed by atoms with Gasteiger partial charge in [0.1, 0.15) is 16.8 Å². The summed E-state index contributed by atoms with van der Waals surface area (Å²) < 4.78 is 0. The van der Waals surface area contributed by atoms with Crippen LogP contribution in [0.25, 0.3) is 0 Å². The highest BCUT2D eigenvalue weighted by molar-refractivity contribution is 7.16. The summed E-state index contributed by atoms with van der Waals surface area (Å²) in [6.07, 6.45) is 2.78. The molecule has 2 heterocycles. The summed E-state index contributed by atoms with van der Waals surface area (Å²) in [4.78, 5) is 28.5. The number of nitro benzene ring substituents is 1. The van der Waals surface area contributed by atoms with E-state index in [-0.39, 0.29) is 11.4 Å². The van der Waals surface area contributed by atoms with Gasteiger partial charge in [0.05, 0.1) is 16.2 Å². The molecule has 26 heavy (non-hydrogen) atoms. The van der Waals surface area contributed by atoms with Crippen molar-refractivity contribution in [2.75, 3.05) is 5.32 Å². The number of carbonyl (C=O) groups is 1. The molecule has 0 saturated heterocycles. The zero-order chi connectivity index (χ0) is 18.4. The normalized spacial score (nSPS) is 19.6. The number of hydrogen-bond acceptors (Lipinski definition) is 6. The van der Waals surface area contributed by atoms with E-state index in [4.69, 9.17) is 0 Å². The van der Waals surface area contributed by atoms with E-state index in [2.05, 4.69) is 23.3 Å². The van der Waals surface area contributed by atoms with Gasteiger partial charge >= 0.3 is 0 Å². The van der Waals surface area contributed by atoms with Crippen molar-refractivity contribution < 1.29 is 9.72 Å². The van der Waals surface area contributed by atoms with Gasteiger partial charge in [-0.3, -0.25) is 14.9 Å². The first-order valence-corrected chi connectivity index (χ1v) is 9.03. The quantitative estimate of drug-likeness (QED) is 0.645. The number of fused-ring (bicyclic) bond motifs is 2. The maximum atomic E-state index is 12.3. The Morgan fingerprint density at radius 3 is 3.00 bits per heavy atom. The van der Waals surface area contributed by atoms with Gasteiger partial charge in [-0.25, -0.2) is 4.99 Å². The SMILES string of the molecule is C[C@@H]1CCc2c(sc(/N=C3\C(=O)Nc4ccc([N+](=O)[O-])cc43)c2C#N)C1. The van der Waals surface area contributed by atoms with E-state index in [9.17, 15) is 20.2 Å². The third kappa shape index (κ3) is 2.57. The van der Waals surface area contributed by atoms with Crippen LogP contribution in [0.15, 0.2) is 23.2 Å². The molecule has 7 nitrogen and oxygen atoms in total. The number of nitro groups is 1. The molecular weight excluding hydrogens is 352 g/mol. The van der Waals surface area contributed by atoms with Crippen LogP contribution < -0.4 is 5.32 Å². The van der Waals surface area contributed by atoms with Crippen molar-refractivity contribution in [3.8, 4) is 6.07 Å². The van der Waals surface area contributed by atoms with Crippen LogP contribution in [-0.2, 0) is 17.6 Å². The van der Waals surface area contributed by atoms with Crippen molar-refractivity contribution in [3.63, 3.8) is 0 Å². The van der Waals surface area contributed by atoms with Gasteiger partial charge in [0, 0.05) is 22.6 Å². The van der Waals surface area contributed by atoms with Crippen LogP contribution in [0, 0.1) is 27.4 Å².